The largest absolute Gasteiger partial charge is 0.480 e. The number of likely N-dealkylation sites (tertiary alicyclic amines) is 1. The lowest BCUT2D eigenvalue weighted by Gasteiger charge is -2.23. The number of carboxylic acids is 1. The number of carbonyl (C=O) groups excluding carboxylic acids is 2. The number of aliphatic carboxylic acids is 1. The molecule has 8 nitrogen and oxygen atoms in total. The van der Waals surface area contributed by atoms with Crippen molar-refractivity contribution in [3.05, 3.63) is 59.7 Å². The molecule has 168 valence electrons. The van der Waals surface area contributed by atoms with E-state index in [2.05, 4.69) is 17.4 Å². The fourth-order valence-corrected chi connectivity index (χ4v) is 4.60. The molecule has 2 amide bonds. The quantitative estimate of drug-likeness (QED) is 0.638. The molecule has 0 radical (unpaired) electrons. The van der Waals surface area contributed by atoms with Crippen LogP contribution in [0.2, 0.25) is 0 Å². The minimum Gasteiger partial charge on any atom is -0.480 e. The third-order valence-corrected chi connectivity index (χ3v) is 6.07. The highest BCUT2D eigenvalue weighted by Gasteiger charge is 2.39. The van der Waals surface area contributed by atoms with Gasteiger partial charge in [-0.15, -0.1) is 0 Å². The van der Waals surface area contributed by atoms with Gasteiger partial charge in [-0.3, -0.25) is 4.79 Å². The number of carbonyl (C=O) groups is 3. The highest BCUT2D eigenvalue weighted by Crippen LogP contribution is 2.44. The Morgan fingerprint density at radius 3 is 2.28 bits per heavy atom. The standard InChI is InChI=1S/C24H26N2O6/c1-14(10-22(28)26-12-15(27)11-21(26)23(29)30)25-24(31)32-13-20-18-8-4-2-6-16(18)17-7-3-5-9-19(17)20/h2-9,14-15,20-21,27H,10-13H2,1H3,(H,25,31)(H,29,30)/t14-,15?,21+/m1/s1. The van der Waals surface area contributed by atoms with E-state index >= 15 is 0 Å². The normalized spacial score (nSPS) is 20.4. The Morgan fingerprint density at radius 1 is 1.09 bits per heavy atom. The molecule has 32 heavy (non-hydrogen) atoms. The van der Waals surface area contributed by atoms with Gasteiger partial charge in [0.1, 0.15) is 12.6 Å². The van der Waals surface area contributed by atoms with Gasteiger partial charge in [-0.05, 0) is 29.2 Å². The summed E-state index contributed by atoms with van der Waals surface area (Å²) in [5, 5.41) is 21.6. The number of aliphatic hydroxyl groups excluding tert-OH is 1. The average molecular weight is 438 g/mol. The van der Waals surface area contributed by atoms with Crippen LogP contribution in [0.4, 0.5) is 4.79 Å². The molecular formula is C24H26N2O6. The van der Waals surface area contributed by atoms with E-state index in [4.69, 9.17) is 4.74 Å². The second-order valence-electron chi connectivity index (χ2n) is 8.36. The first-order valence-electron chi connectivity index (χ1n) is 10.7. The van der Waals surface area contributed by atoms with Crippen LogP contribution in [-0.2, 0) is 14.3 Å². The number of carboxylic acid groups (broad SMARTS) is 1. The number of fused-ring (bicyclic) bond motifs is 3. The van der Waals surface area contributed by atoms with Gasteiger partial charge in [-0.25, -0.2) is 9.59 Å². The summed E-state index contributed by atoms with van der Waals surface area (Å²) in [5.41, 5.74) is 4.49. The van der Waals surface area contributed by atoms with E-state index in [1.54, 1.807) is 6.92 Å². The Morgan fingerprint density at radius 2 is 1.69 bits per heavy atom. The zero-order valence-electron chi connectivity index (χ0n) is 17.7. The Balaban J connectivity index is 1.33. The van der Waals surface area contributed by atoms with Gasteiger partial charge in [0.2, 0.25) is 5.91 Å². The van der Waals surface area contributed by atoms with Crippen molar-refractivity contribution in [3.63, 3.8) is 0 Å². The van der Waals surface area contributed by atoms with E-state index in [-0.39, 0.29) is 31.9 Å². The summed E-state index contributed by atoms with van der Waals surface area (Å²) in [6, 6.07) is 14.5. The molecule has 4 rings (SSSR count). The molecule has 1 heterocycles. The van der Waals surface area contributed by atoms with E-state index in [1.165, 1.54) is 0 Å². The van der Waals surface area contributed by atoms with Crippen molar-refractivity contribution in [2.45, 2.75) is 43.9 Å². The molecule has 0 spiro atoms. The number of ether oxygens (including phenoxy) is 1. The number of hydrogen-bond acceptors (Lipinski definition) is 5. The Labute approximate surface area is 185 Å². The maximum atomic E-state index is 12.5. The zero-order chi connectivity index (χ0) is 22.8. The maximum absolute atomic E-state index is 12.5. The molecule has 2 aromatic carbocycles. The fourth-order valence-electron chi connectivity index (χ4n) is 4.60. The van der Waals surface area contributed by atoms with Gasteiger partial charge in [0.05, 0.1) is 6.10 Å². The van der Waals surface area contributed by atoms with Crippen molar-refractivity contribution in [1.82, 2.24) is 10.2 Å². The number of hydrogen-bond donors (Lipinski definition) is 3. The van der Waals surface area contributed by atoms with Crippen LogP contribution in [0.1, 0.15) is 36.8 Å². The highest BCUT2D eigenvalue weighted by atomic mass is 16.5. The topological polar surface area (TPSA) is 116 Å². The van der Waals surface area contributed by atoms with Crippen molar-refractivity contribution >= 4 is 18.0 Å². The highest BCUT2D eigenvalue weighted by molar-refractivity contribution is 5.85. The number of nitrogens with zero attached hydrogens (tertiary/aromatic N) is 1. The Hall–Kier alpha value is -3.39. The fraction of sp³-hybridized carbons (Fsp3) is 0.375. The van der Waals surface area contributed by atoms with Gasteiger partial charge >= 0.3 is 12.1 Å². The lowest BCUT2D eigenvalue weighted by Crippen LogP contribution is -2.44. The summed E-state index contributed by atoms with van der Waals surface area (Å²) in [5.74, 6) is -1.64. The molecule has 1 aliphatic heterocycles. The lowest BCUT2D eigenvalue weighted by molar-refractivity contribution is -0.148. The minimum absolute atomic E-state index is 0.00919. The molecule has 2 aliphatic rings. The third kappa shape index (κ3) is 4.31. The van der Waals surface area contributed by atoms with Gasteiger partial charge in [0.25, 0.3) is 0 Å². The monoisotopic (exact) mass is 438 g/mol. The second-order valence-corrected chi connectivity index (χ2v) is 8.36. The molecule has 1 unspecified atom stereocenters. The van der Waals surface area contributed by atoms with Crippen LogP contribution < -0.4 is 5.32 Å². The number of rotatable bonds is 6. The number of aliphatic hydroxyl groups is 1. The minimum atomic E-state index is -1.15. The predicted octanol–water partition coefficient (Wildman–Crippen LogP) is 2.35. The van der Waals surface area contributed by atoms with Crippen molar-refractivity contribution in [3.8, 4) is 11.1 Å². The van der Waals surface area contributed by atoms with E-state index in [0.29, 0.717) is 0 Å². The molecule has 1 fully saturated rings. The van der Waals surface area contributed by atoms with Gasteiger partial charge < -0.3 is 25.2 Å². The van der Waals surface area contributed by atoms with Crippen molar-refractivity contribution in [2.75, 3.05) is 13.2 Å². The predicted molar refractivity (Wildman–Crippen MR) is 116 cm³/mol. The van der Waals surface area contributed by atoms with Crippen LogP contribution in [0, 0.1) is 0 Å². The van der Waals surface area contributed by atoms with Crippen LogP contribution in [0.15, 0.2) is 48.5 Å². The van der Waals surface area contributed by atoms with Gasteiger partial charge in [0, 0.05) is 31.3 Å². The molecule has 1 saturated heterocycles. The van der Waals surface area contributed by atoms with Crippen molar-refractivity contribution in [2.24, 2.45) is 0 Å². The van der Waals surface area contributed by atoms with Crippen molar-refractivity contribution < 1.29 is 29.3 Å². The molecule has 1 aliphatic carbocycles. The molecule has 0 saturated carbocycles. The first-order chi connectivity index (χ1) is 15.3. The Bertz CT molecular complexity index is 993. The zero-order valence-corrected chi connectivity index (χ0v) is 17.7. The van der Waals surface area contributed by atoms with Crippen LogP contribution in [0.5, 0.6) is 0 Å². The summed E-state index contributed by atoms with van der Waals surface area (Å²) in [7, 11) is 0. The summed E-state index contributed by atoms with van der Waals surface area (Å²) < 4.78 is 5.48. The summed E-state index contributed by atoms with van der Waals surface area (Å²) in [4.78, 5) is 37.3. The van der Waals surface area contributed by atoms with Crippen LogP contribution >= 0.6 is 0 Å². The second kappa shape index (κ2) is 9.00. The molecule has 2 aromatic rings. The van der Waals surface area contributed by atoms with Crippen LogP contribution in [0.3, 0.4) is 0 Å². The first kappa shape index (κ1) is 21.8. The van der Waals surface area contributed by atoms with E-state index in [9.17, 15) is 24.6 Å². The van der Waals surface area contributed by atoms with Crippen LogP contribution in [-0.4, -0.2) is 64.4 Å². The van der Waals surface area contributed by atoms with E-state index in [0.717, 1.165) is 27.2 Å². The van der Waals surface area contributed by atoms with Crippen LogP contribution in [0.25, 0.3) is 11.1 Å². The third-order valence-electron chi connectivity index (χ3n) is 6.07. The van der Waals surface area contributed by atoms with Crippen molar-refractivity contribution in [1.29, 1.82) is 0 Å². The SMILES string of the molecule is C[C@H](CC(=O)N1CC(O)C[C@H]1C(=O)O)NC(=O)OCC1c2ccccc2-c2ccccc21. The molecule has 3 atom stereocenters. The number of amides is 2. The average Bonchev–Trinajstić information content (AvgIpc) is 3.31. The van der Waals surface area contributed by atoms with E-state index in [1.807, 2.05) is 36.4 Å². The summed E-state index contributed by atoms with van der Waals surface area (Å²) in [6.45, 7) is 1.80. The molecule has 0 bridgehead atoms. The van der Waals surface area contributed by atoms with Gasteiger partial charge in [-0.1, -0.05) is 48.5 Å². The molecular weight excluding hydrogens is 412 g/mol. The molecule has 8 heteroatoms. The molecule has 3 N–H and O–H groups in total. The number of nitrogens with one attached hydrogen (secondary N) is 1. The van der Waals surface area contributed by atoms with Gasteiger partial charge in [-0.2, -0.15) is 0 Å². The lowest BCUT2D eigenvalue weighted by atomic mass is 9.98. The first-order valence-corrected chi connectivity index (χ1v) is 10.7. The molecule has 0 aromatic heterocycles. The number of β-amino-alcohol motifs (C(OH)–C–C–N with tert-alkyl or cyclic N) is 1. The summed E-state index contributed by atoms with van der Waals surface area (Å²) in [6.07, 6.45) is -1.57. The van der Waals surface area contributed by atoms with E-state index < -0.39 is 36.2 Å². The number of benzene rings is 2. The van der Waals surface area contributed by atoms with Gasteiger partial charge in [0.15, 0.2) is 0 Å². The summed E-state index contributed by atoms with van der Waals surface area (Å²) >= 11 is 0. The maximum Gasteiger partial charge on any atom is 0.407 e. The Kier molecular flexibility index (Phi) is 6.14. The number of alkyl carbamates (subject to hydrolysis) is 1. The smallest absolute Gasteiger partial charge is 0.407 e.